The molecule has 1 N–H and O–H groups in total. The van der Waals surface area contributed by atoms with Crippen LogP contribution in [0.15, 0.2) is 40.9 Å². The van der Waals surface area contributed by atoms with E-state index in [0.29, 0.717) is 10.0 Å². The second-order valence-corrected chi connectivity index (χ2v) is 5.84. The highest BCUT2D eigenvalue weighted by Gasteiger charge is 2.13. The molecule has 0 bridgehead atoms. The number of aromatic hydroxyl groups is 1. The normalized spacial score (nSPS) is 11.0. The first-order valence-electron chi connectivity index (χ1n) is 7.27. The zero-order valence-electron chi connectivity index (χ0n) is 13.8. The summed E-state index contributed by atoms with van der Waals surface area (Å²) in [4.78, 5) is 12.3. The number of hydrogen-bond acceptors (Lipinski definition) is 5. The molecule has 0 aliphatic carbocycles. The first-order valence-corrected chi connectivity index (χ1v) is 8.06. The maximum Gasteiger partial charge on any atom is 0.387 e. The number of ketones is 1. The monoisotopic (exact) mass is 428 g/mol. The molecular weight excluding hydrogens is 414 g/mol. The summed E-state index contributed by atoms with van der Waals surface area (Å²) in [5.41, 5.74) is 0.846. The summed E-state index contributed by atoms with van der Waals surface area (Å²) in [6, 6.07) is 6.92. The van der Waals surface area contributed by atoms with Crippen LogP contribution in [0.4, 0.5) is 8.78 Å². The highest BCUT2D eigenvalue weighted by atomic mass is 79.9. The lowest BCUT2D eigenvalue weighted by molar-refractivity contribution is -0.0512. The van der Waals surface area contributed by atoms with Gasteiger partial charge in [-0.05, 0) is 48.0 Å². The Morgan fingerprint density at radius 3 is 2.42 bits per heavy atom. The second kappa shape index (κ2) is 8.66. The van der Waals surface area contributed by atoms with Crippen LogP contribution in [0.3, 0.4) is 0 Å². The number of allylic oxidation sites excluding steroid dienone is 1. The molecule has 0 saturated heterocycles. The molecule has 8 heteroatoms. The van der Waals surface area contributed by atoms with Crippen LogP contribution < -0.4 is 14.2 Å². The average molecular weight is 429 g/mol. The Bertz CT molecular complexity index is 837. The number of ether oxygens (including phenoxy) is 3. The van der Waals surface area contributed by atoms with Crippen LogP contribution >= 0.6 is 15.9 Å². The molecule has 0 heterocycles. The summed E-state index contributed by atoms with van der Waals surface area (Å²) >= 11 is 3.29. The topological polar surface area (TPSA) is 65.0 Å². The molecule has 0 unspecified atom stereocenters. The molecule has 0 aliphatic rings. The van der Waals surface area contributed by atoms with Crippen molar-refractivity contribution in [3.8, 4) is 23.0 Å². The molecule has 138 valence electrons. The molecule has 0 spiro atoms. The number of carbonyl (C=O) groups excluding carboxylic acids is 1. The Morgan fingerprint density at radius 2 is 1.81 bits per heavy atom. The van der Waals surface area contributed by atoms with E-state index in [-0.39, 0.29) is 34.3 Å². The largest absolute Gasteiger partial charge is 0.504 e. The van der Waals surface area contributed by atoms with Gasteiger partial charge in [-0.15, -0.1) is 0 Å². The van der Waals surface area contributed by atoms with Gasteiger partial charge in [0.05, 0.1) is 14.2 Å². The van der Waals surface area contributed by atoms with E-state index < -0.39 is 6.61 Å². The maximum absolute atomic E-state index is 12.3. The van der Waals surface area contributed by atoms with Gasteiger partial charge < -0.3 is 19.3 Å². The highest BCUT2D eigenvalue weighted by Crippen LogP contribution is 2.33. The minimum absolute atomic E-state index is 0.0250. The van der Waals surface area contributed by atoms with Crippen molar-refractivity contribution in [3.05, 3.63) is 52.0 Å². The summed E-state index contributed by atoms with van der Waals surface area (Å²) in [5.74, 6) is -0.283. The lowest BCUT2D eigenvalue weighted by Gasteiger charge is -2.10. The molecule has 5 nitrogen and oxygen atoms in total. The van der Waals surface area contributed by atoms with E-state index in [2.05, 4.69) is 20.7 Å². The summed E-state index contributed by atoms with van der Waals surface area (Å²) in [7, 11) is 2.70. The van der Waals surface area contributed by atoms with Gasteiger partial charge in [-0.3, -0.25) is 4.79 Å². The Kier molecular flexibility index (Phi) is 6.57. The van der Waals surface area contributed by atoms with E-state index in [1.165, 1.54) is 50.6 Å². The van der Waals surface area contributed by atoms with E-state index >= 15 is 0 Å². The summed E-state index contributed by atoms with van der Waals surface area (Å²) in [6.07, 6.45) is 2.84. The number of methoxy groups -OCH3 is 2. The number of rotatable bonds is 7. The molecule has 0 atom stereocenters. The zero-order chi connectivity index (χ0) is 19.3. The van der Waals surface area contributed by atoms with Crippen molar-refractivity contribution in [2.45, 2.75) is 6.61 Å². The van der Waals surface area contributed by atoms with Gasteiger partial charge in [0.2, 0.25) is 0 Å². The van der Waals surface area contributed by atoms with Gasteiger partial charge in [0, 0.05) is 10.0 Å². The van der Waals surface area contributed by atoms with Crippen molar-refractivity contribution in [3.63, 3.8) is 0 Å². The van der Waals surface area contributed by atoms with E-state index in [1.54, 1.807) is 6.07 Å². The fraction of sp³-hybridized carbons (Fsp3) is 0.167. The molecule has 0 saturated carbocycles. The third-order valence-corrected chi connectivity index (χ3v) is 4.06. The van der Waals surface area contributed by atoms with Gasteiger partial charge in [-0.2, -0.15) is 8.78 Å². The smallest absolute Gasteiger partial charge is 0.387 e. The van der Waals surface area contributed by atoms with Crippen LogP contribution in [0.1, 0.15) is 15.9 Å². The van der Waals surface area contributed by atoms with Crippen LogP contribution in [0.25, 0.3) is 6.08 Å². The number of hydrogen-bond donors (Lipinski definition) is 1. The van der Waals surface area contributed by atoms with Crippen LogP contribution in [-0.2, 0) is 0 Å². The van der Waals surface area contributed by atoms with E-state index in [4.69, 9.17) is 9.47 Å². The fourth-order valence-electron chi connectivity index (χ4n) is 2.13. The number of benzene rings is 2. The standard InChI is InChI=1S/C18H15BrF2O5/c1-24-16-7-10(12(19)9-14(16)23)3-5-13(22)11-4-6-15(26-18(20)21)17(8-11)25-2/h3-9,18,23H,1-2H3/b5-3+. The predicted octanol–water partition coefficient (Wildman–Crippen LogP) is 4.67. The molecule has 0 amide bonds. The van der Waals surface area contributed by atoms with Crippen molar-refractivity contribution in [1.29, 1.82) is 0 Å². The quantitative estimate of drug-likeness (QED) is 0.512. The molecule has 0 radical (unpaired) electrons. The Hall–Kier alpha value is -2.61. The molecule has 2 rings (SSSR count). The minimum atomic E-state index is -2.99. The summed E-state index contributed by atoms with van der Waals surface area (Å²) in [6.45, 7) is -2.99. The molecule has 0 aromatic heterocycles. The van der Waals surface area contributed by atoms with E-state index in [9.17, 15) is 18.7 Å². The van der Waals surface area contributed by atoms with Gasteiger partial charge in [0.1, 0.15) is 0 Å². The Balaban J connectivity index is 2.26. The van der Waals surface area contributed by atoms with Gasteiger partial charge in [-0.25, -0.2) is 0 Å². The molecular formula is C18H15BrF2O5. The molecule has 26 heavy (non-hydrogen) atoms. The van der Waals surface area contributed by atoms with Gasteiger partial charge in [0.25, 0.3) is 0 Å². The second-order valence-electron chi connectivity index (χ2n) is 4.99. The number of alkyl halides is 2. The molecule has 2 aromatic rings. The number of phenols is 1. The average Bonchev–Trinajstić information content (AvgIpc) is 2.60. The first-order chi connectivity index (χ1) is 12.3. The number of carbonyl (C=O) groups is 1. The molecule has 0 aliphatic heterocycles. The predicted molar refractivity (Wildman–Crippen MR) is 95.3 cm³/mol. The Morgan fingerprint density at radius 1 is 1.12 bits per heavy atom. The van der Waals surface area contributed by atoms with E-state index in [0.717, 1.165) is 0 Å². The molecule has 2 aromatic carbocycles. The van der Waals surface area contributed by atoms with Crippen molar-refractivity contribution in [2.75, 3.05) is 14.2 Å². The Labute approximate surface area is 156 Å². The van der Waals surface area contributed by atoms with Crippen LogP contribution in [0, 0.1) is 0 Å². The van der Waals surface area contributed by atoms with Crippen molar-refractivity contribution >= 4 is 27.8 Å². The van der Waals surface area contributed by atoms with Crippen molar-refractivity contribution in [1.82, 2.24) is 0 Å². The lowest BCUT2D eigenvalue weighted by atomic mass is 10.1. The zero-order valence-corrected chi connectivity index (χ0v) is 15.4. The fourth-order valence-corrected chi connectivity index (χ4v) is 2.59. The van der Waals surface area contributed by atoms with Gasteiger partial charge >= 0.3 is 6.61 Å². The summed E-state index contributed by atoms with van der Waals surface area (Å²) in [5, 5.41) is 9.69. The van der Waals surface area contributed by atoms with Crippen LogP contribution in [-0.4, -0.2) is 31.7 Å². The number of halogens is 3. The highest BCUT2D eigenvalue weighted by molar-refractivity contribution is 9.10. The SMILES string of the molecule is COc1cc(/C=C/C(=O)c2ccc(OC(F)F)c(OC)c2)c(Br)cc1O. The third-order valence-electron chi connectivity index (χ3n) is 3.38. The van der Waals surface area contributed by atoms with E-state index in [1.807, 2.05) is 0 Å². The summed E-state index contributed by atoms with van der Waals surface area (Å²) < 4.78 is 39.6. The van der Waals surface area contributed by atoms with Crippen molar-refractivity contribution < 1.29 is 32.9 Å². The van der Waals surface area contributed by atoms with Crippen LogP contribution in [0.2, 0.25) is 0 Å². The number of phenolic OH excluding ortho intramolecular Hbond substituents is 1. The minimum Gasteiger partial charge on any atom is -0.504 e. The van der Waals surface area contributed by atoms with Gasteiger partial charge in [0.15, 0.2) is 28.8 Å². The third kappa shape index (κ3) is 4.72. The van der Waals surface area contributed by atoms with Crippen LogP contribution in [0.5, 0.6) is 23.0 Å². The maximum atomic E-state index is 12.3. The van der Waals surface area contributed by atoms with Crippen molar-refractivity contribution in [2.24, 2.45) is 0 Å². The van der Waals surface area contributed by atoms with Gasteiger partial charge in [-0.1, -0.05) is 15.9 Å². The first kappa shape index (κ1) is 19.7. The lowest BCUT2D eigenvalue weighted by Crippen LogP contribution is -2.04. The molecule has 0 fully saturated rings.